The van der Waals surface area contributed by atoms with E-state index < -0.39 is 0 Å². The smallest absolute Gasteiger partial charge is 1.00 e. The van der Waals surface area contributed by atoms with E-state index in [4.69, 9.17) is 0 Å². The van der Waals surface area contributed by atoms with E-state index in [0.717, 1.165) is 6.42 Å². The molecule has 0 fully saturated rings. The topological polar surface area (TPSA) is 0 Å². The van der Waals surface area contributed by atoms with Gasteiger partial charge in [-0.05, 0) is 0 Å². The van der Waals surface area contributed by atoms with E-state index >= 15 is 0 Å². The van der Waals surface area contributed by atoms with Gasteiger partial charge in [0.25, 0.3) is 0 Å². The molecular weight excluding hydrogens is 253 g/mol. The summed E-state index contributed by atoms with van der Waals surface area (Å²) in [5.41, 5.74) is 4.19. The van der Waals surface area contributed by atoms with Gasteiger partial charge in [-0.2, -0.15) is 5.57 Å². The fourth-order valence-corrected chi connectivity index (χ4v) is 1.00. The molecule has 0 amide bonds. The summed E-state index contributed by atoms with van der Waals surface area (Å²) in [4.78, 5) is 0. The average Bonchev–Trinajstić information content (AvgIpc) is 1.85. The van der Waals surface area contributed by atoms with Crippen LogP contribution in [0.25, 0.3) is 0 Å². The zero-order valence-corrected chi connectivity index (χ0v) is 11.0. The maximum Gasteiger partial charge on any atom is 4.00 e. The van der Waals surface area contributed by atoms with Crippen molar-refractivity contribution in [2.45, 2.75) is 27.2 Å². The molecule has 0 nitrogen and oxygen atoms in total. The van der Waals surface area contributed by atoms with E-state index in [1.807, 2.05) is 0 Å². The summed E-state index contributed by atoms with van der Waals surface area (Å²) in [5.74, 6) is 0. The zero-order chi connectivity index (χ0) is 6.15. The summed E-state index contributed by atoms with van der Waals surface area (Å²) in [5, 5.41) is 0. The Morgan fingerprint density at radius 3 is 1.50 bits per heavy atom. The zero-order valence-electron chi connectivity index (χ0n) is 7.29. The van der Waals surface area contributed by atoms with E-state index in [1.165, 1.54) is 16.7 Å². The maximum absolute atomic E-state index is 3.26. The molecule has 0 N–H and O–H groups in total. The summed E-state index contributed by atoms with van der Waals surface area (Å²) in [6.45, 7) is 6.41. The van der Waals surface area contributed by atoms with Crippen molar-refractivity contribution in [2.24, 2.45) is 0 Å². The van der Waals surface area contributed by atoms with Crippen molar-refractivity contribution in [1.29, 1.82) is 0 Å². The van der Waals surface area contributed by atoms with Gasteiger partial charge < -0.3 is 37.2 Å². The molecule has 0 saturated carbocycles. The van der Waals surface area contributed by atoms with Crippen LogP contribution in [-0.2, 0) is 18.6 Å². The summed E-state index contributed by atoms with van der Waals surface area (Å²) >= 11 is 0. The molecule has 0 heterocycles. The van der Waals surface area contributed by atoms with Gasteiger partial charge in [-0.25, -0.2) is 17.2 Å². The number of allylic oxidation sites excluding steroid dienone is 4. The predicted octanol–water partition coefficient (Wildman–Crippen LogP) is -6.51. The van der Waals surface area contributed by atoms with Gasteiger partial charge >= 0.3 is 18.6 Å². The molecule has 0 atom stereocenters. The van der Waals surface area contributed by atoms with Gasteiger partial charge in [0.05, 0.1) is 0 Å². The van der Waals surface area contributed by atoms with Crippen LogP contribution in [0.4, 0.5) is 0 Å². The largest absolute Gasteiger partial charge is 4.00 e. The fraction of sp³-hybridized carbons (Fsp3) is 0.500. The van der Waals surface area contributed by atoms with Gasteiger partial charge in [0.15, 0.2) is 0 Å². The van der Waals surface area contributed by atoms with Crippen molar-refractivity contribution >= 4 is 0 Å². The van der Waals surface area contributed by atoms with Gasteiger partial charge in [-0.1, -0.05) is 20.3 Å². The molecule has 1 aliphatic carbocycles. The first-order valence-corrected chi connectivity index (χ1v) is 2.96. The van der Waals surface area contributed by atoms with Crippen LogP contribution >= 0.6 is 0 Å². The third-order valence-corrected chi connectivity index (χ3v) is 1.57. The summed E-state index contributed by atoms with van der Waals surface area (Å²) < 4.78 is 0. The Labute approximate surface area is 105 Å². The van der Waals surface area contributed by atoms with E-state index in [0.29, 0.717) is 0 Å². The van der Waals surface area contributed by atoms with Crippen molar-refractivity contribution in [2.75, 3.05) is 0 Å². The van der Waals surface area contributed by atoms with Gasteiger partial charge in [0, 0.05) is 0 Å². The van der Waals surface area contributed by atoms with Crippen LogP contribution < -0.4 is 37.2 Å². The van der Waals surface area contributed by atoms with Crippen LogP contribution in [0.3, 0.4) is 0 Å². The molecule has 4 heteroatoms. The van der Waals surface area contributed by atoms with Crippen LogP contribution in [0, 0.1) is 6.08 Å². The molecule has 1 aliphatic rings. The van der Waals surface area contributed by atoms with Crippen molar-refractivity contribution in [3.63, 3.8) is 0 Å². The van der Waals surface area contributed by atoms with Gasteiger partial charge in [0.1, 0.15) is 0 Å². The number of hydrogen-bond donors (Lipinski definition) is 0. The van der Waals surface area contributed by atoms with Crippen LogP contribution in [0.1, 0.15) is 27.2 Å². The molecule has 0 aliphatic heterocycles. The summed E-state index contributed by atoms with van der Waals surface area (Å²) in [6, 6.07) is 0. The normalized spacial score (nSPS) is 13.1. The van der Waals surface area contributed by atoms with Gasteiger partial charge in [-0.15, -0.1) is 6.92 Å². The third kappa shape index (κ3) is 6.45. The first kappa shape index (κ1) is 23.1. The first-order chi connectivity index (χ1) is 3.70. The minimum absolute atomic E-state index is 0. The second-order valence-electron chi connectivity index (χ2n) is 2.49. The molecule has 0 bridgehead atoms. The monoisotopic (exact) mass is 263 g/mol. The molecule has 1 radical (unpaired) electrons. The fourth-order valence-electron chi connectivity index (χ4n) is 1.00. The molecule has 0 saturated heterocycles. The quantitative estimate of drug-likeness (QED) is 0.382. The first-order valence-electron chi connectivity index (χ1n) is 2.96. The second-order valence-corrected chi connectivity index (χ2v) is 2.49. The molecule has 0 spiro atoms. The standard InChI is InChI=1S/C8H11.3ClH.V/c1-6-4-7(2)8(3)5-6;;;;/h4H2,1-3H3;3*1H;/q-1;;;;+4/p-3. The Morgan fingerprint density at radius 1 is 1.00 bits per heavy atom. The molecular formula is C8H11Cl3V. The molecule has 0 aromatic carbocycles. The summed E-state index contributed by atoms with van der Waals surface area (Å²) in [7, 11) is 0. The van der Waals surface area contributed by atoms with E-state index in [-0.39, 0.29) is 55.8 Å². The molecule has 0 unspecified atom stereocenters. The van der Waals surface area contributed by atoms with E-state index in [2.05, 4.69) is 26.8 Å². The molecule has 12 heavy (non-hydrogen) atoms. The minimum Gasteiger partial charge on any atom is -1.00 e. The number of halogens is 3. The van der Waals surface area contributed by atoms with E-state index in [1.54, 1.807) is 0 Å². The third-order valence-electron chi connectivity index (χ3n) is 1.57. The minimum atomic E-state index is 0. The van der Waals surface area contributed by atoms with Crippen LogP contribution in [-0.4, -0.2) is 0 Å². The van der Waals surface area contributed by atoms with Crippen molar-refractivity contribution in [3.8, 4) is 0 Å². The average molecular weight is 264 g/mol. The second kappa shape index (κ2) is 10.0. The van der Waals surface area contributed by atoms with E-state index in [9.17, 15) is 0 Å². The van der Waals surface area contributed by atoms with Gasteiger partial charge in [0.2, 0.25) is 0 Å². The Balaban J connectivity index is -0.0000000800. The number of rotatable bonds is 0. The predicted molar refractivity (Wildman–Crippen MR) is 35.4 cm³/mol. The SMILES string of the molecule is CC1=[C-]C(C)=C(C)C1.[Cl-].[Cl-].[Cl-].[V+4]. The van der Waals surface area contributed by atoms with Crippen LogP contribution in [0.2, 0.25) is 0 Å². The van der Waals surface area contributed by atoms with Crippen LogP contribution in [0.5, 0.6) is 0 Å². The Hall–Kier alpha value is 0.934. The molecule has 69 valence electrons. The van der Waals surface area contributed by atoms with Crippen molar-refractivity contribution < 1.29 is 55.8 Å². The van der Waals surface area contributed by atoms with Gasteiger partial charge in [-0.3, -0.25) is 0 Å². The van der Waals surface area contributed by atoms with Crippen LogP contribution in [0.15, 0.2) is 16.7 Å². The molecule has 0 aromatic heterocycles. The summed E-state index contributed by atoms with van der Waals surface area (Å²) in [6.07, 6.45) is 4.41. The molecule has 0 aromatic rings. The maximum atomic E-state index is 3.26. The Morgan fingerprint density at radius 2 is 1.42 bits per heavy atom. The Kier molecular flexibility index (Phi) is 19.3. The molecule has 1 rings (SSSR count). The Bertz CT molecular complexity index is 173. The van der Waals surface area contributed by atoms with Crippen molar-refractivity contribution in [1.82, 2.24) is 0 Å². The van der Waals surface area contributed by atoms with Crippen molar-refractivity contribution in [3.05, 3.63) is 22.8 Å². The number of hydrogen-bond acceptors (Lipinski definition) is 0.